The van der Waals surface area contributed by atoms with E-state index in [1.54, 1.807) is 0 Å². The van der Waals surface area contributed by atoms with E-state index in [2.05, 4.69) is 42.0 Å². The van der Waals surface area contributed by atoms with Crippen molar-refractivity contribution in [3.05, 3.63) is 36.0 Å². The summed E-state index contributed by atoms with van der Waals surface area (Å²) in [5.41, 5.74) is 8.24. The third-order valence-electron chi connectivity index (χ3n) is 4.07. The Morgan fingerprint density at radius 1 is 0.950 bits per heavy atom. The number of aryl methyl sites for hydroxylation is 1. The number of nitrogens with zero attached hydrogens (tertiary/aromatic N) is 1. The molecular formula is C18H28N2. The quantitative estimate of drug-likeness (QED) is 0.650. The first-order valence-electron chi connectivity index (χ1n) is 8.13. The van der Waals surface area contributed by atoms with Gasteiger partial charge >= 0.3 is 0 Å². The molecule has 0 aliphatic rings. The lowest BCUT2D eigenvalue weighted by molar-refractivity contribution is 0.556. The largest absolute Gasteiger partial charge is 0.347 e. The topological polar surface area (TPSA) is 30.9 Å². The van der Waals surface area contributed by atoms with Crippen LogP contribution in [0.3, 0.4) is 0 Å². The van der Waals surface area contributed by atoms with Gasteiger partial charge < -0.3 is 10.3 Å². The molecule has 0 unspecified atom stereocenters. The second-order valence-electron chi connectivity index (χ2n) is 5.73. The normalized spacial score (nSPS) is 11.3. The highest BCUT2D eigenvalue weighted by Gasteiger charge is 2.01. The summed E-state index contributed by atoms with van der Waals surface area (Å²) in [4.78, 5) is 0. The average Bonchev–Trinajstić information content (AvgIpc) is 2.88. The first-order chi connectivity index (χ1) is 9.85. The van der Waals surface area contributed by atoms with E-state index < -0.39 is 0 Å². The molecule has 2 rings (SSSR count). The standard InChI is InChI=1S/C18H28N2/c1-2-3-4-5-6-7-8-12-20-13-11-17-14-16(15-19)9-10-18(17)20/h9-11,13-14H,2-8,12,15,19H2,1H3. The predicted octanol–water partition coefficient (Wildman–Crippen LogP) is 4.85. The number of nitrogens with two attached hydrogens (primary N) is 1. The molecule has 2 nitrogen and oxygen atoms in total. The lowest BCUT2D eigenvalue weighted by Gasteiger charge is -2.06. The van der Waals surface area contributed by atoms with E-state index in [0.29, 0.717) is 6.54 Å². The highest BCUT2D eigenvalue weighted by atomic mass is 14.9. The van der Waals surface area contributed by atoms with Crippen molar-refractivity contribution in [2.24, 2.45) is 5.73 Å². The van der Waals surface area contributed by atoms with Crippen LogP contribution in [0, 0.1) is 0 Å². The van der Waals surface area contributed by atoms with Gasteiger partial charge in [0.1, 0.15) is 0 Å². The molecule has 2 aromatic rings. The molecule has 0 spiro atoms. The van der Waals surface area contributed by atoms with Gasteiger partial charge in [0, 0.05) is 24.8 Å². The first-order valence-corrected chi connectivity index (χ1v) is 8.13. The summed E-state index contributed by atoms with van der Waals surface area (Å²) >= 11 is 0. The van der Waals surface area contributed by atoms with Gasteiger partial charge in [-0.2, -0.15) is 0 Å². The van der Waals surface area contributed by atoms with Crippen molar-refractivity contribution in [2.45, 2.75) is 65.0 Å². The molecule has 0 radical (unpaired) electrons. The minimum atomic E-state index is 0.624. The average molecular weight is 272 g/mol. The first kappa shape index (κ1) is 15.1. The molecule has 1 aromatic carbocycles. The minimum Gasteiger partial charge on any atom is -0.347 e. The van der Waals surface area contributed by atoms with Crippen LogP contribution in [0.1, 0.15) is 57.4 Å². The molecule has 20 heavy (non-hydrogen) atoms. The maximum Gasteiger partial charge on any atom is 0.0480 e. The van der Waals surface area contributed by atoms with Crippen LogP contribution in [-0.4, -0.2) is 4.57 Å². The fourth-order valence-corrected chi connectivity index (χ4v) is 2.81. The third kappa shape index (κ3) is 4.11. The number of hydrogen-bond donors (Lipinski definition) is 1. The Morgan fingerprint density at radius 2 is 1.70 bits per heavy atom. The van der Waals surface area contributed by atoms with Crippen LogP contribution in [0.2, 0.25) is 0 Å². The van der Waals surface area contributed by atoms with Crippen molar-refractivity contribution in [1.82, 2.24) is 4.57 Å². The second kappa shape index (κ2) is 8.11. The van der Waals surface area contributed by atoms with Crippen molar-refractivity contribution in [1.29, 1.82) is 0 Å². The molecule has 0 saturated carbocycles. The zero-order valence-electron chi connectivity index (χ0n) is 12.8. The van der Waals surface area contributed by atoms with E-state index in [1.807, 2.05) is 0 Å². The van der Waals surface area contributed by atoms with E-state index >= 15 is 0 Å². The van der Waals surface area contributed by atoms with Crippen LogP contribution in [-0.2, 0) is 13.1 Å². The monoisotopic (exact) mass is 272 g/mol. The zero-order valence-corrected chi connectivity index (χ0v) is 12.8. The minimum absolute atomic E-state index is 0.624. The van der Waals surface area contributed by atoms with Crippen molar-refractivity contribution in [3.63, 3.8) is 0 Å². The van der Waals surface area contributed by atoms with Gasteiger partial charge in [0.05, 0.1) is 0 Å². The van der Waals surface area contributed by atoms with E-state index in [1.165, 1.54) is 61.4 Å². The Hall–Kier alpha value is -1.28. The lowest BCUT2D eigenvalue weighted by atomic mass is 10.1. The molecule has 1 aromatic heterocycles. The molecule has 2 heteroatoms. The molecule has 0 saturated heterocycles. The molecule has 2 N–H and O–H groups in total. The highest BCUT2D eigenvalue weighted by molar-refractivity contribution is 5.80. The van der Waals surface area contributed by atoms with E-state index in [0.717, 1.165) is 6.54 Å². The van der Waals surface area contributed by atoms with Crippen LogP contribution in [0.15, 0.2) is 30.5 Å². The van der Waals surface area contributed by atoms with Crippen LogP contribution in [0.4, 0.5) is 0 Å². The highest BCUT2D eigenvalue weighted by Crippen LogP contribution is 2.18. The van der Waals surface area contributed by atoms with Crippen LogP contribution < -0.4 is 5.73 Å². The molecule has 0 bridgehead atoms. The number of benzene rings is 1. The fourth-order valence-electron chi connectivity index (χ4n) is 2.81. The molecule has 0 atom stereocenters. The third-order valence-corrected chi connectivity index (χ3v) is 4.07. The molecule has 110 valence electrons. The molecule has 1 heterocycles. The molecular weight excluding hydrogens is 244 g/mol. The van der Waals surface area contributed by atoms with Gasteiger partial charge in [0.25, 0.3) is 0 Å². The van der Waals surface area contributed by atoms with Crippen molar-refractivity contribution < 1.29 is 0 Å². The Balaban J connectivity index is 1.79. The van der Waals surface area contributed by atoms with Gasteiger partial charge in [-0.1, -0.05) is 51.5 Å². The summed E-state index contributed by atoms with van der Waals surface area (Å²) in [5, 5.41) is 1.32. The van der Waals surface area contributed by atoms with Crippen LogP contribution in [0.5, 0.6) is 0 Å². The Bertz CT molecular complexity index is 513. The van der Waals surface area contributed by atoms with Crippen molar-refractivity contribution in [3.8, 4) is 0 Å². The smallest absolute Gasteiger partial charge is 0.0480 e. The summed E-state index contributed by atoms with van der Waals surface area (Å²) in [6.07, 6.45) is 11.8. The summed E-state index contributed by atoms with van der Waals surface area (Å²) in [5.74, 6) is 0. The number of hydrogen-bond acceptors (Lipinski definition) is 1. The van der Waals surface area contributed by atoms with Gasteiger partial charge in [-0.15, -0.1) is 0 Å². The Morgan fingerprint density at radius 3 is 2.45 bits per heavy atom. The molecule has 0 aliphatic carbocycles. The Kier molecular flexibility index (Phi) is 6.13. The SMILES string of the molecule is CCCCCCCCCn1ccc2cc(CN)ccc21. The zero-order chi connectivity index (χ0) is 14.2. The van der Waals surface area contributed by atoms with E-state index in [4.69, 9.17) is 5.73 Å². The van der Waals surface area contributed by atoms with Gasteiger partial charge in [-0.3, -0.25) is 0 Å². The lowest BCUT2D eigenvalue weighted by Crippen LogP contribution is -1.98. The molecule has 0 aliphatic heterocycles. The fraction of sp³-hybridized carbons (Fsp3) is 0.556. The summed E-state index contributed by atoms with van der Waals surface area (Å²) in [6, 6.07) is 8.76. The maximum absolute atomic E-state index is 5.69. The Labute approximate surface area is 123 Å². The number of unbranched alkanes of at least 4 members (excludes halogenated alkanes) is 6. The predicted molar refractivity (Wildman–Crippen MR) is 87.8 cm³/mol. The number of rotatable bonds is 9. The van der Waals surface area contributed by atoms with Crippen LogP contribution >= 0.6 is 0 Å². The van der Waals surface area contributed by atoms with Crippen molar-refractivity contribution >= 4 is 10.9 Å². The van der Waals surface area contributed by atoms with Crippen LogP contribution in [0.25, 0.3) is 10.9 Å². The van der Waals surface area contributed by atoms with Gasteiger partial charge in [0.15, 0.2) is 0 Å². The summed E-state index contributed by atoms with van der Waals surface area (Å²) in [6.45, 7) is 4.03. The summed E-state index contributed by atoms with van der Waals surface area (Å²) < 4.78 is 2.38. The molecule has 0 amide bonds. The van der Waals surface area contributed by atoms with E-state index in [9.17, 15) is 0 Å². The van der Waals surface area contributed by atoms with E-state index in [-0.39, 0.29) is 0 Å². The molecule has 0 fully saturated rings. The number of fused-ring (bicyclic) bond motifs is 1. The van der Waals surface area contributed by atoms with Gasteiger partial charge in [0.2, 0.25) is 0 Å². The maximum atomic E-state index is 5.69. The van der Waals surface area contributed by atoms with Gasteiger partial charge in [-0.25, -0.2) is 0 Å². The summed E-state index contributed by atoms with van der Waals surface area (Å²) in [7, 11) is 0. The van der Waals surface area contributed by atoms with Gasteiger partial charge in [-0.05, 0) is 35.6 Å². The second-order valence-corrected chi connectivity index (χ2v) is 5.73. The number of aromatic nitrogens is 1. The van der Waals surface area contributed by atoms with Crippen molar-refractivity contribution in [2.75, 3.05) is 0 Å².